The number of thioether (sulfide) groups is 1. The molecule has 3 aliphatic heterocycles. The van der Waals surface area contributed by atoms with Gasteiger partial charge in [0, 0.05) is 52.3 Å². The van der Waals surface area contributed by atoms with Crippen LogP contribution in [0, 0.1) is 32.1 Å². The van der Waals surface area contributed by atoms with Crippen LogP contribution in [0.4, 0.5) is 16.2 Å². The van der Waals surface area contributed by atoms with E-state index in [1.165, 1.54) is 88.4 Å². The number of fused-ring (bicyclic) bond motifs is 1. The number of aliphatic hydroxyl groups excluding tert-OH is 1. The van der Waals surface area contributed by atoms with Gasteiger partial charge in [0.2, 0.25) is 11.8 Å². The van der Waals surface area contributed by atoms with Crippen LogP contribution in [0.25, 0.3) is 0 Å². The van der Waals surface area contributed by atoms with Crippen molar-refractivity contribution in [3.05, 3.63) is 107 Å². The Kier molecular flexibility index (Phi) is 10.8. The molecular weight excluding hydrogens is 733 g/mol. The van der Waals surface area contributed by atoms with E-state index in [9.17, 15) is 44.5 Å². The van der Waals surface area contributed by atoms with E-state index in [1.807, 2.05) is 6.92 Å². The van der Waals surface area contributed by atoms with Crippen LogP contribution < -0.4 is 5.73 Å². The van der Waals surface area contributed by atoms with Gasteiger partial charge < -0.3 is 25.2 Å². The number of rotatable bonds is 13. The van der Waals surface area contributed by atoms with E-state index in [0.29, 0.717) is 33.2 Å². The minimum absolute atomic E-state index is 0.0463. The smallest absolute Gasteiger partial charge is 0.410 e. The summed E-state index contributed by atoms with van der Waals surface area (Å²) >= 11 is 2.58. The molecule has 0 spiro atoms. The van der Waals surface area contributed by atoms with Gasteiger partial charge >= 0.3 is 12.1 Å². The van der Waals surface area contributed by atoms with Crippen molar-refractivity contribution in [2.45, 2.75) is 63.3 Å². The molecule has 6 atom stereocenters. The highest BCUT2D eigenvalue weighted by Crippen LogP contribution is 2.53. The number of likely N-dealkylation sites (tertiary alicyclic amines) is 1. The highest BCUT2D eigenvalue weighted by atomic mass is 32.2. The first-order valence-corrected chi connectivity index (χ1v) is 18.2. The molecule has 3 aliphatic rings. The molecule has 2 unspecified atom stereocenters. The van der Waals surface area contributed by atoms with Gasteiger partial charge in [-0.1, -0.05) is 6.92 Å². The summed E-state index contributed by atoms with van der Waals surface area (Å²) < 4.78 is 11.3. The number of amides is 3. The number of nitro groups is 2. The number of nitrogens with zero attached hydrogens (tertiary/aromatic N) is 5. The minimum Gasteiger partial charge on any atom is -0.456 e. The van der Waals surface area contributed by atoms with Gasteiger partial charge in [-0.25, -0.2) is 14.6 Å². The van der Waals surface area contributed by atoms with Crippen LogP contribution in [0.2, 0.25) is 0 Å². The van der Waals surface area contributed by atoms with Gasteiger partial charge in [0.1, 0.15) is 23.9 Å². The number of thiazole rings is 1. The molecular formula is C34H34N6O11S2. The molecule has 53 heavy (non-hydrogen) atoms. The highest BCUT2D eigenvalue weighted by Gasteiger charge is 2.60. The third kappa shape index (κ3) is 7.72. The van der Waals surface area contributed by atoms with Gasteiger partial charge in [0.05, 0.1) is 46.1 Å². The largest absolute Gasteiger partial charge is 0.456 e. The number of nitro benzene ring substituents is 2. The molecule has 3 amide bonds. The second-order valence-electron chi connectivity index (χ2n) is 12.9. The Morgan fingerprint density at radius 1 is 1.04 bits per heavy atom. The van der Waals surface area contributed by atoms with Crippen molar-refractivity contribution in [2.24, 2.45) is 17.6 Å². The van der Waals surface area contributed by atoms with Crippen molar-refractivity contribution in [2.75, 3.05) is 6.54 Å². The van der Waals surface area contributed by atoms with Crippen LogP contribution in [-0.4, -0.2) is 77.6 Å². The van der Waals surface area contributed by atoms with Crippen molar-refractivity contribution in [1.29, 1.82) is 0 Å². The Morgan fingerprint density at radius 2 is 1.62 bits per heavy atom. The fourth-order valence-electron chi connectivity index (χ4n) is 6.78. The number of aliphatic hydroxyl groups is 1. The molecule has 17 nitrogen and oxygen atoms in total. The highest BCUT2D eigenvalue weighted by molar-refractivity contribution is 8.03. The number of carbonyl (C=O) groups is 4. The van der Waals surface area contributed by atoms with Crippen LogP contribution in [0.3, 0.4) is 0 Å². The number of nitrogens with two attached hydrogens (primary N) is 1. The van der Waals surface area contributed by atoms with E-state index in [2.05, 4.69) is 4.98 Å². The summed E-state index contributed by atoms with van der Waals surface area (Å²) in [6.07, 6.45) is -1.37. The van der Waals surface area contributed by atoms with Crippen molar-refractivity contribution >= 4 is 58.4 Å². The maximum atomic E-state index is 13.7. The molecule has 1 aromatic heterocycles. The lowest BCUT2D eigenvalue weighted by atomic mass is 9.79. The zero-order valence-corrected chi connectivity index (χ0v) is 30.0. The second-order valence-corrected chi connectivity index (χ2v) is 15.1. The van der Waals surface area contributed by atoms with Gasteiger partial charge in [-0.2, -0.15) is 0 Å². The van der Waals surface area contributed by atoms with Crippen molar-refractivity contribution < 1.29 is 43.6 Å². The summed E-state index contributed by atoms with van der Waals surface area (Å²) in [4.78, 5) is 81.2. The zero-order valence-electron chi connectivity index (χ0n) is 28.4. The number of primary amides is 1. The number of non-ortho nitro benzene ring substituents is 2. The summed E-state index contributed by atoms with van der Waals surface area (Å²) in [6, 6.07) is 10.0. The Morgan fingerprint density at radius 3 is 2.17 bits per heavy atom. The number of hydrogen-bond acceptors (Lipinski definition) is 14. The molecule has 0 saturated carbocycles. The summed E-state index contributed by atoms with van der Waals surface area (Å²) in [5.74, 6) is -2.86. The average Bonchev–Trinajstić information content (AvgIpc) is 3.81. The molecule has 0 aliphatic carbocycles. The number of esters is 1. The van der Waals surface area contributed by atoms with E-state index in [0.717, 1.165) is 0 Å². The Hall–Kier alpha value is -5.40. The van der Waals surface area contributed by atoms with Gasteiger partial charge in [0.15, 0.2) is 0 Å². The van der Waals surface area contributed by atoms with Gasteiger partial charge in [-0.05, 0) is 48.7 Å². The SMILES string of the molecule is C[C@@H](O)C1C(=O)N2C(C(=O)OCc3ccc([N+](=O)[O-])cc3)=C(S[C@H]3C[C@@H](c4nc(CC(N)=O)cs4)N(C(=O)OCc4ccc([N+](=O)[O-])cc4)C3)[C@H](C)C12. The Bertz CT molecular complexity index is 1980. The normalized spacial score (nSPS) is 22.6. The Balaban J connectivity index is 1.24. The molecule has 19 heteroatoms. The summed E-state index contributed by atoms with van der Waals surface area (Å²) in [5, 5.41) is 34.4. The Labute approximate surface area is 310 Å². The molecule has 0 radical (unpaired) electrons. The second kappa shape index (κ2) is 15.3. The summed E-state index contributed by atoms with van der Waals surface area (Å²) in [7, 11) is 0. The number of ether oxygens (including phenoxy) is 2. The fourth-order valence-corrected chi connectivity index (χ4v) is 9.24. The van der Waals surface area contributed by atoms with E-state index in [1.54, 1.807) is 5.38 Å². The van der Waals surface area contributed by atoms with Crippen LogP contribution in [-0.2, 0) is 43.5 Å². The molecule has 0 bridgehead atoms. The number of hydrogen-bond donors (Lipinski definition) is 2. The van der Waals surface area contributed by atoms with Gasteiger partial charge in [0.25, 0.3) is 11.4 Å². The fraction of sp³-hybridized carbons (Fsp3) is 0.382. The van der Waals surface area contributed by atoms with Crippen molar-refractivity contribution in [3.8, 4) is 0 Å². The van der Waals surface area contributed by atoms with Crippen LogP contribution >= 0.6 is 23.1 Å². The van der Waals surface area contributed by atoms with Crippen molar-refractivity contribution in [1.82, 2.24) is 14.8 Å². The van der Waals surface area contributed by atoms with Crippen LogP contribution in [0.15, 0.2) is 64.5 Å². The number of β-lactam (4-membered cyclic amide) rings is 1. The van der Waals surface area contributed by atoms with Crippen LogP contribution in [0.1, 0.15) is 48.1 Å². The first-order valence-electron chi connectivity index (χ1n) is 16.4. The quantitative estimate of drug-likeness (QED) is 0.108. The molecule has 2 aromatic carbocycles. The lowest BCUT2D eigenvalue weighted by Crippen LogP contribution is -2.63. The van der Waals surface area contributed by atoms with Crippen molar-refractivity contribution in [3.63, 3.8) is 0 Å². The van der Waals surface area contributed by atoms with Gasteiger partial charge in [-0.15, -0.1) is 23.1 Å². The predicted octanol–water partition coefficient (Wildman–Crippen LogP) is 3.99. The van der Waals surface area contributed by atoms with E-state index < -0.39 is 57.8 Å². The molecule has 4 heterocycles. The first-order chi connectivity index (χ1) is 25.2. The van der Waals surface area contributed by atoms with E-state index in [-0.39, 0.29) is 54.4 Å². The number of carbonyl (C=O) groups excluding carboxylic acids is 4. The lowest BCUT2D eigenvalue weighted by Gasteiger charge is -2.46. The molecule has 2 saturated heterocycles. The summed E-state index contributed by atoms with van der Waals surface area (Å²) in [5.41, 5.74) is 6.68. The first kappa shape index (κ1) is 37.4. The predicted molar refractivity (Wildman–Crippen MR) is 189 cm³/mol. The maximum Gasteiger partial charge on any atom is 0.410 e. The number of benzene rings is 2. The molecule has 3 aromatic rings. The van der Waals surface area contributed by atoms with Crippen LogP contribution in [0.5, 0.6) is 0 Å². The van der Waals surface area contributed by atoms with E-state index in [4.69, 9.17) is 15.2 Å². The van der Waals surface area contributed by atoms with Gasteiger partial charge in [-0.3, -0.25) is 34.7 Å². The monoisotopic (exact) mass is 766 g/mol. The standard InChI is InChI=1S/C34H34N6O11S2/c1-17-28-27(18(2)41)32(43)38(28)29(33(44)50-14-19-3-7-22(8-4-19)39(46)47)30(17)53-24-12-25(31-36-21(16-52-31)11-26(35)42)37(13-24)34(45)51-15-20-5-9-23(10-6-20)40(48)49/h3-10,16-18,24-25,27-28,41H,11-15H2,1-2H3,(H2,35,42)/t17-,18-,24+,25+,27?,28?/m1/s1. The topological polar surface area (TPSA) is 239 Å². The maximum absolute atomic E-state index is 13.7. The summed E-state index contributed by atoms with van der Waals surface area (Å²) in [6.45, 7) is 3.16. The lowest BCUT2D eigenvalue weighted by molar-refractivity contribution is -0.385. The molecule has 2 fully saturated rings. The third-order valence-corrected chi connectivity index (χ3v) is 11.8. The zero-order chi connectivity index (χ0) is 38.1. The van der Waals surface area contributed by atoms with E-state index >= 15 is 0 Å². The third-order valence-electron chi connectivity index (χ3n) is 9.33. The molecule has 3 N–H and O–H groups in total. The number of aromatic nitrogens is 1. The minimum atomic E-state index is -0.968. The average molecular weight is 767 g/mol. The molecule has 6 rings (SSSR count). The molecule has 278 valence electrons.